The lowest BCUT2D eigenvalue weighted by atomic mass is 10.2. The molecule has 0 spiro atoms. The van der Waals surface area contributed by atoms with E-state index in [9.17, 15) is 4.79 Å². The van der Waals surface area contributed by atoms with Crippen LogP contribution in [0.1, 0.15) is 12.6 Å². The van der Waals surface area contributed by atoms with Crippen LogP contribution >= 0.6 is 11.3 Å². The number of hydrogen-bond donors (Lipinski definition) is 0. The number of rotatable bonds is 4. The van der Waals surface area contributed by atoms with Crippen LogP contribution in [-0.4, -0.2) is 35.0 Å². The average Bonchev–Trinajstić information content (AvgIpc) is 3.05. The second-order valence-electron chi connectivity index (χ2n) is 4.12. The maximum absolute atomic E-state index is 12.0. The van der Waals surface area contributed by atoms with Crippen LogP contribution in [0.5, 0.6) is 5.19 Å². The van der Waals surface area contributed by atoms with Crippen molar-refractivity contribution in [2.45, 2.75) is 13.5 Å². The third-order valence-corrected chi connectivity index (χ3v) is 3.43. The third-order valence-electron chi connectivity index (χ3n) is 2.79. The molecule has 0 N–H and O–H groups in total. The molecule has 0 aliphatic carbocycles. The Morgan fingerprint density at radius 1 is 1.48 bits per heavy atom. The minimum atomic E-state index is -0.392. The largest absolute Gasteiger partial charge is 0.465 e. The second kappa shape index (κ2) is 5.40. The lowest BCUT2D eigenvalue weighted by molar-refractivity contribution is 0.302. The van der Waals surface area contributed by atoms with Gasteiger partial charge >= 0.3 is 5.69 Å². The molecule has 108 valence electrons. The van der Waals surface area contributed by atoms with Crippen molar-refractivity contribution in [1.82, 2.24) is 35.0 Å². The molecule has 0 saturated heterocycles. The lowest BCUT2D eigenvalue weighted by Crippen LogP contribution is -2.23. The molecule has 0 aromatic carbocycles. The van der Waals surface area contributed by atoms with Gasteiger partial charge in [0.2, 0.25) is 0 Å². The van der Waals surface area contributed by atoms with Crippen molar-refractivity contribution in [2.24, 2.45) is 7.05 Å². The molecule has 0 aliphatic heterocycles. The number of aryl methyl sites for hydroxylation is 2. The fourth-order valence-electron chi connectivity index (χ4n) is 1.70. The summed E-state index contributed by atoms with van der Waals surface area (Å²) in [6.07, 6.45) is 1.58. The van der Waals surface area contributed by atoms with Crippen LogP contribution in [0, 0.1) is 6.92 Å². The molecule has 0 radical (unpaired) electrons. The van der Waals surface area contributed by atoms with Crippen molar-refractivity contribution in [2.75, 3.05) is 0 Å². The van der Waals surface area contributed by atoms with Gasteiger partial charge in [0.1, 0.15) is 12.3 Å². The lowest BCUT2D eigenvalue weighted by Gasteiger charge is -2.09. The zero-order valence-electron chi connectivity index (χ0n) is 12.2. The molecule has 0 aliphatic rings. The van der Waals surface area contributed by atoms with Crippen molar-refractivity contribution in [3.05, 3.63) is 39.5 Å². The molecular formula is C11H11N7O2S. The highest BCUT2D eigenvalue weighted by Gasteiger charge is 2.15. The van der Waals surface area contributed by atoms with Gasteiger partial charge in [0.25, 0.3) is 5.19 Å². The van der Waals surface area contributed by atoms with Gasteiger partial charge in [0.15, 0.2) is 0 Å². The van der Waals surface area contributed by atoms with E-state index in [2.05, 4.69) is 25.6 Å². The van der Waals surface area contributed by atoms with Crippen LogP contribution in [0.25, 0.3) is 5.69 Å². The van der Waals surface area contributed by atoms with Crippen LogP contribution in [0.4, 0.5) is 0 Å². The Morgan fingerprint density at radius 3 is 3.00 bits per heavy atom. The van der Waals surface area contributed by atoms with Crippen molar-refractivity contribution < 1.29 is 6.11 Å². The summed E-state index contributed by atoms with van der Waals surface area (Å²) in [5, 5.41) is 17.2. The fourth-order valence-corrected chi connectivity index (χ4v) is 2.14. The quantitative estimate of drug-likeness (QED) is 0.673. The van der Waals surface area contributed by atoms with Gasteiger partial charge in [-0.05, 0) is 17.4 Å². The molecule has 21 heavy (non-hydrogen) atoms. The molecule has 0 fully saturated rings. The van der Waals surface area contributed by atoms with Crippen molar-refractivity contribution in [1.29, 1.82) is 0 Å². The Hall–Kier alpha value is -2.62. The first-order valence-corrected chi connectivity index (χ1v) is 6.79. The zero-order chi connectivity index (χ0) is 15.7. The number of hydrogen-bond acceptors (Lipinski definition) is 8. The van der Waals surface area contributed by atoms with E-state index in [1.807, 2.05) is 0 Å². The van der Waals surface area contributed by atoms with E-state index in [-0.39, 0.29) is 12.8 Å². The first-order valence-electron chi connectivity index (χ1n) is 6.41. The molecule has 0 amide bonds. The number of aromatic nitrogens is 7. The van der Waals surface area contributed by atoms with Crippen LogP contribution in [0.2, 0.25) is 0 Å². The Balaban J connectivity index is 1.96. The Morgan fingerprint density at radius 2 is 2.33 bits per heavy atom. The van der Waals surface area contributed by atoms with Crippen molar-refractivity contribution in [3.8, 4) is 10.9 Å². The molecule has 10 heteroatoms. The molecule has 3 heterocycles. The number of tetrazole rings is 1. The van der Waals surface area contributed by atoms with Gasteiger partial charge in [-0.25, -0.2) is 9.78 Å². The highest BCUT2D eigenvalue weighted by molar-refractivity contribution is 7.11. The predicted molar refractivity (Wildman–Crippen MR) is 73.4 cm³/mol. The third kappa shape index (κ3) is 2.52. The van der Waals surface area contributed by atoms with Crippen LogP contribution < -0.4 is 10.4 Å². The van der Waals surface area contributed by atoms with Crippen molar-refractivity contribution in [3.63, 3.8) is 0 Å². The molecular weight excluding hydrogens is 294 g/mol. The van der Waals surface area contributed by atoms with E-state index in [0.717, 1.165) is 9.36 Å². The summed E-state index contributed by atoms with van der Waals surface area (Å²) in [7, 11) is 1.51. The van der Waals surface area contributed by atoms with Gasteiger partial charge in [-0.3, -0.25) is 0 Å². The zero-order valence-corrected chi connectivity index (χ0v) is 12.0. The highest BCUT2D eigenvalue weighted by atomic mass is 32.1. The van der Waals surface area contributed by atoms with E-state index in [4.69, 9.17) is 6.11 Å². The summed E-state index contributed by atoms with van der Waals surface area (Å²) in [5.41, 5.74) is 1.32. The smallest absolute Gasteiger partial charge is 0.368 e. The second-order valence-corrected chi connectivity index (χ2v) is 4.94. The summed E-state index contributed by atoms with van der Waals surface area (Å²) in [6, 6.07) is 0. The molecule has 3 aromatic heterocycles. The minimum absolute atomic E-state index is 0.132. The summed E-state index contributed by atoms with van der Waals surface area (Å²) in [5.74, 6) is 0. The summed E-state index contributed by atoms with van der Waals surface area (Å²) >= 11 is 1.23. The van der Waals surface area contributed by atoms with Gasteiger partial charge in [-0.2, -0.15) is 19.6 Å². The summed E-state index contributed by atoms with van der Waals surface area (Å²) in [4.78, 5) is 15.9. The first-order chi connectivity index (χ1) is 10.6. The number of nitrogens with zero attached hydrogens (tertiary/aromatic N) is 7. The van der Waals surface area contributed by atoms with Crippen LogP contribution in [0.15, 0.2) is 22.5 Å². The maximum Gasteiger partial charge on any atom is 0.368 e. The van der Waals surface area contributed by atoms with Crippen LogP contribution in [0.3, 0.4) is 0 Å². The average molecular weight is 307 g/mol. The molecule has 0 bridgehead atoms. The minimum Gasteiger partial charge on any atom is -0.465 e. The topological polar surface area (TPSA) is 101 Å². The SMILES string of the molecule is [3H]c1csc(OCc2c(-n3nnn(C)c3=O)cnnc2C)n1. The predicted octanol–water partition coefficient (Wildman–Crippen LogP) is 0.0999. The Kier molecular flexibility index (Phi) is 3.12. The van der Waals surface area contributed by atoms with Crippen LogP contribution in [-0.2, 0) is 13.7 Å². The molecule has 0 atom stereocenters. The summed E-state index contributed by atoms with van der Waals surface area (Å²) in [6.45, 7) is 1.89. The van der Waals surface area contributed by atoms with Gasteiger partial charge in [-0.1, -0.05) is 11.3 Å². The van der Waals surface area contributed by atoms with E-state index < -0.39 is 5.69 Å². The van der Waals surface area contributed by atoms with Gasteiger partial charge in [0.05, 0.1) is 13.3 Å². The fraction of sp³-hybridized carbons (Fsp3) is 0.273. The molecule has 0 saturated carbocycles. The highest BCUT2D eigenvalue weighted by Crippen LogP contribution is 2.19. The van der Waals surface area contributed by atoms with E-state index in [0.29, 0.717) is 22.1 Å². The standard InChI is InChI=1S/C11H11N7O2S/c1-7-8(6-20-10-12-3-4-21-10)9(5-13-14-7)18-11(19)17(2)15-16-18/h3-5H,6H2,1-2H3/i3T. The Bertz CT molecular complexity index is 871. The summed E-state index contributed by atoms with van der Waals surface area (Å²) < 4.78 is 15.2. The van der Waals surface area contributed by atoms with Crippen molar-refractivity contribution >= 4 is 11.3 Å². The molecule has 9 nitrogen and oxygen atoms in total. The van der Waals surface area contributed by atoms with E-state index in [1.54, 1.807) is 12.3 Å². The van der Waals surface area contributed by atoms with E-state index >= 15 is 0 Å². The van der Waals surface area contributed by atoms with Gasteiger partial charge < -0.3 is 4.74 Å². The first kappa shape index (κ1) is 12.1. The molecule has 0 unspecified atom stereocenters. The number of thiazole rings is 1. The number of ether oxygens (including phenoxy) is 1. The molecule has 3 aromatic rings. The van der Waals surface area contributed by atoms with Gasteiger partial charge in [-0.15, -0.1) is 0 Å². The molecule has 3 rings (SSSR count). The van der Waals surface area contributed by atoms with Gasteiger partial charge in [0, 0.05) is 24.2 Å². The van der Waals surface area contributed by atoms with E-state index in [1.165, 1.54) is 24.6 Å². The normalized spacial score (nSPS) is 11.4. The Labute approximate surface area is 124 Å². The monoisotopic (exact) mass is 307 g/mol. The maximum atomic E-state index is 12.0.